The summed E-state index contributed by atoms with van der Waals surface area (Å²) in [5, 5.41) is 8.90. The van der Waals surface area contributed by atoms with Crippen molar-refractivity contribution in [1.29, 1.82) is 0 Å². The summed E-state index contributed by atoms with van der Waals surface area (Å²) in [5.41, 5.74) is 2.11. The lowest BCUT2D eigenvalue weighted by molar-refractivity contribution is -0.205. The minimum absolute atomic E-state index is 0.165. The Morgan fingerprint density at radius 3 is 2.21 bits per heavy atom. The van der Waals surface area contributed by atoms with Gasteiger partial charge in [-0.2, -0.15) is 13.2 Å². The van der Waals surface area contributed by atoms with Gasteiger partial charge in [0.05, 0.1) is 7.11 Å². The third-order valence-electron chi connectivity index (χ3n) is 3.09. The molecule has 7 heteroatoms. The van der Waals surface area contributed by atoms with Gasteiger partial charge >= 0.3 is 12.1 Å². The van der Waals surface area contributed by atoms with Crippen LogP contribution in [0.4, 0.5) is 13.2 Å². The summed E-state index contributed by atoms with van der Waals surface area (Å²) in [6.07, 6.45) is -5.15. The molecule has 0 saturated heterocycles. The van der Waals surface area contributed by atoms with E-state index in [1.54, 1.807) is 6.92 Å². The van der Waals surface area contributed by atoms with Gasteiger partial charge in [-0.15, -0.1) is 0 Å². The van der Waals surface area contributed by atoms with E-state index in [1.165, 1.54) is 20.1 Å². The summed E-state index contributed by atoms with van der Waals surface area (Å²) in [5.74, 6) is -2.34. The lowest BCUT2D eigenvalue weighted by Gasteiger charge is -2.30. The van der Waals surface area contributed by atoms with Gasteiger partial charge in [-0.25, -0.2) is 4.79 Å². The van der Waals surface area contributed by atoms with Crippen LogP contribution in [0, 0.1) is 13.8 Å². The fourth-order valence-corrected chi connectivity index (χ4v) is 1.75. The zero-order valence-electron chi connectivity index (χ0n) is 10.6. The molecule has 0 radical (unpaired) electrons. The number of methoxy groups -OCH3 is 1. The number of aliphatic carboxylic acids is 1. The van der Waals surface area contributed by atoms with Crippen LogP contribution in [-0.4, -0.2) is 24.4 Å². The number of nitrogens with two attached hydrogens (primary N) is 1. The van der Waals surface area contributed by atoms with Crippen molar-refractivity contribution in [2.24, 2.45) is 5.73 Å². The van der Waals surface area contributed by atoms with Gasteiger partial charge in [-0.1, -0.05) is 12.1 Å². The highest BCUT2D eigenvalue weighted by atomic mass is 19.4. The Morgan fingerprint density at radius 2 is 1.84 bits per heavy atom. The number of aryl methyl sites for hydroxylation is 1. The van der Waals surface area contributed by atoms with E-state index in [4.69, 9.17) is 15.6 Å². The van der Waals surface area contributed by atoms with E-state index in [9.17, 15) is 18.0 Å². The number of alkyl halides is 3. The zero-order valence-corrected chi connectivity index (χ0v) is 10.6. The molecular weight excluding hydrogens is 263 g/mol. The number of rotatable bonds is 3. The number of benzene rings is 1. The predicted octanol–water partition coefficient (Wildman–Crippen LogP) is 2.11. The van der Waals surface area contributed by atoms with E-state index in [2.05, 4.69) is 0 Å². The first kappa shape index (κ1) is 15.3. The first-order chi connectivity index (χ1) is 8.57. The van der Waals surface area contributed by atoms with E-state index in [1.807, 2.05) is 0 Å². The monoisotopic (exact) mass is 277 g/mol. The second kappa shape index (κ2) is 4.73. The van der Waals surface area contributed by atoms with Crippen LogP contribution in [0.15, 0.2) is 12.1 Å². The molecule has 4 nitrogen and oxygen atoms in total. The van der Waals surface area contributed by atoms with E-state index < -0.39 is 23.2 Å². The number of carboxylic acids is 1. The van der Waals surface area contributed by atoms with Crippen LogP contribution in [0.2, 0.25) is 0 Å². The number of ether oxygens (including phenoxy) is 1. The van der Waals surface area contributed by atoms with Crippen LogP contribution in [-0.2, 0) is 10.3 Å². The molecule has 0 aliphatic rings. The van der Waals surface area contributed by atoms with Gasteiger partial charge in [0.2, 0.25) is 5.54 Å². The first-order valence-corrected chi connectivity index (χ1v) is 5.31. The van der Waals surface area contributed by atoms with E-state index >= 15 is 0 Å². The fourth-order valence-electron chi connectivity index (χ4n) is 1.75. The van der Waals surface area contributed by atoms with E-state index in [-0.39, 0.29) is 5.75 Å². The minimum Gasteiger partial charge on any atom is -0.496 e. The third-order valence-corrected chi connectivity index (χ3v) is 3.09. The van der Waals surface area contributed by atoms with Crippen molar-refractivity contribution >= 4 is 5.97 Å². The summed E-state index contributed by atoms with van der Waals surface area (Å²) in [7, 11) is 1.17. The Hall–Kier alpha value is -1.76. The highest BCUT2D eigenvalue weighted by Crippen LogP contribution is 2.42. The van der Waals surface area contributed by atoms with Crippen LogP contribution < -0.4 is 10.5 Å². The molecule has 0 aromatic heterocycles. The Kier molecular flexibility index (Phi) is 3.81. The van der Waals surface area contributed by atoms with Gasteiger partial charge in [-0.05, 0) is 25.0 Å². The van der Waals surface area contributed by atoms with Crippen molar-refractivity contribution in [1.82, 2.24) is 0 Å². The van der Waals surface area contributed by atoms with Gasteiger partial charge in [-0.3, -0.25) is 0 Å². The minimum atomic E-state index is -5.15. The van der Waals surface area contributed by atoms with Gasteiger partial charge in [0, 0.05) is 5.56 Å². The molecule has 0 spiro atoms. The van der Waals surface area contributed by atoms with Crippen molar-refractivity contribution in [3.8, 4) is 5.75 Å². The maximum atomic E-state index is 13.0. The van der Waals surface area contributed by atoms with Crippen molar-refractivity contribution in [3.05, 3.63) is 28.8 Å². The van der Waals surface area contributed by atoms with Crippen LogP contribution in [0.25, 0.3) is 0 Å². The van der Waals surface area contributed by atoms with Gasteiger partial charge in [0.1, 0.15) is 5.75 Å². The zero-order chi connectivity index (χ0) is 15.0. The lowest BCUT2D eigenvalue weighted by atomic mass is 9.87. The smallest absolute Gasteiger partial charge is 0.421 e. The van der Waals surface area contributed by atoms with Crippen LogP contribution in [0.1, 0.15) is 16.7 Å². The predicted molar refractivity (Wildman–Crippen MR) is 62.0 cm³/mol. The molecule has 1 aromatic rings. The van der Waals surface area contributed by atoms with Crippen molar-refractivity contribution in [2.75, 3.05) is 7.11 Å². The molecule has 0 aliphatic carbocycles. The van der Waals surface area contributed by atoms with Crippen molar-refractivity contribution in [3.63, 3.8) is 0 Å². The molecule has 19 heavy (non-hydrogen) atoms. The Morgan fingerprint density at radius 1 is 1.32 bits per heavy atom. The summed E-state index contributed by atoms with van der Waals surface area (Å²) >= 11 is 0. The van der Waals surface area contributed by atoms with Gasteiger partial charge in [0.25, 0.3) is 0 Å². The topological polar surface area (TPSA) is 72.5 Å². The molecule has 0 bridgehead atoms. The number of hydrogen-bond donors (Lipinski definition) is 2. The molecule has 1 rings (SSSR count). The SMILES string of the molecule is COc1c(C(N)(C(=O)O)C(F)(F)F)ccc(C)c1C. The standard InChI is InChI=1S/C12H14F3NO3/c1-6-4-5-8(9(19-3)7(6)2)11(16,10(17)18)12(13,14)15/h4-5H,16H2,1-3H3,(H,17,18). The largest absolute Gasteiger partial charge is 0.496 e. The third kappa shape index (κ3) is 2.25. The maximum absolute atomic E-state index is 13.0. The van der Waals surface area contributed by atoms with E-state index in [0.717, 1.165) is 6.07 Å². The number of hydrogen-bond acceptors (Lipinski definition) is 3. The molecule has 0 amide bonds. The molecule has 106 valence electrons. The molecule has 1 aromatic carbocycles. The quantitative estimate of drug-likeness (QED) is 0.887. The number of carboxylic acid groups (broad SMARTS) is 1. The van der Waals surface area contributed by atoms with Crippen molar-refractivity contribution in [2.45, 2.75) is 25.6 Å². The van der Waals surface area contributed by atoms with Gasteiger partial charge in [0.15, 0.2) is 0 Å². The average Bonchev–Trinajstić information content (AvgIpc) is 2.29. The first-order valence-electron chi connectivity index (χ1n) is 5.31. The fraction of sp³-hybridized carbons (Fsp3) is 0.417. The maximum Gasteiger partial charge on any atom is 0.421 e. The molecule has 0 heterocycles. The highest BCUT2D eigenvalue weighted by Gasteiger charge is 2.60. The highest BCUT2D eigenvalue weighted by molar-refractivity contribution is 5.83. The molecular formula is C12H14F3NO3. The normalized spacial score (nSPS) is 14.9. The van der Waals surface area contributed by atoms with Crippen LogP contribution >= 0.6 is 0 Å². The van der Waals surface area contributed by atoms with Crippen molar-refractivity contribution < 1.29 is 27.8 Å². The van der Waals surface area contributed by atoms with E-state index in [0.29, 0.717) is 11.1 Å². The lowest BCUT2D eigenvalue weighted by Crippen LogP contribution is -2.56. The molecule has 0 aliphatic heterocycles. The van der Waals surface area contributed by atoms with Crippen LogP contribution in [0.5, 0.6) is 5.75 Å². The van der Waals surface area contributed by atoms with Gasteiger partial charge < -0.3 is 15.6 Å². The molecule has 0 saturated carbocycles. The number of halogens is 3. The summed E-state index contributed by atoms with van der Waals surface area (Å²) in [4.78, 5) is 11.0. The Bertz CT molecular complexity index is 514. The average molecular weight is 277 g/mol. The second-order valence-corrected chi connectivity index (χ2v) is 4.20. The molecule has 0 fully saturated rings. The summed E-state index contributed by atoms with van der Waals surface area (Å²) in [6.45, 7) is 3.21. The number of carbonyl (C=O) groups is 1. The van der Waals surface area contributed by atoms with Crippen LogP contribution in [0.3, 0.4) is 0 Å². The summed E-state index contributed by atoms with van der Waals surface area (Å²) in [6, 6.07) is 2.41. The Balaban J connectivity index is 3.67. The second-order valence-electron chi connectivity index (χ2n) is 4.20. The molecule has 1 atom stereocenters. The molecule has 1 unspecified atom stereocenters. The molecule has 3 N–H and O–H groups in total. The Labute approximate surface area is 108 Å². The summed E-state index contributed by atoms with van der Waals surface area (Å²) < 4.78 is 44.0.